The van der Waals surface area contributed by atoms with Gasteiger partial charge in [-0.3, -0.25) is 4.79 Å². The fourth-order valence-electron chi connectivity index (χ4n) is 2.45. The number of nitrogens with two attached hydrogens (primary N) is 1. The predicted octanol–water partition coefficient (Wildman–Crippen LogP) is 2.83. The third-order valence-electron chi connectivity index (χ3n) is 3.83. The summed E-state index contributed by atoms with van der Waals surface area (Å²) in [6.45, 7) is 0. The van der Waals surface area contributed by atoms with Crippen molar-refractivity contribution >= 4 is 5.91 Å². The second-order valence-electron chi connectivity index (χ2n) is 5.89. The first-order valence-corrected chi connectivity index (χ1v) is 8.71. The molecule has 0 spiro atoms. The monoisotopic (exact) mass is 386 g/mol. The van der Waals surface area contributed by atoms with Gasteiger partial charge in [0.25, 0.3) is 0 Å². The number of rotatable bonds is 6. The summed E-state index contributed by atoms with van der Waals surface area (Å²) in [4.78, 5) is 24.2. The molecule has 29 heavy (non-hydrogen) atoms. The van der Waals surface area contributed by atoms with Crippen molar-refractivity contribution in [3.63, 3.8) is 0 Å². The van der Waals surface area contributed by atoms with Gasteiger partial charge in [-0.05, 0) is 46.4 Å². The molecule has 2 heterocycles. The number of para-hydroxylation sites is 2. The Labute approximate surface area is 166 Å². The van der Waals surface area contributed by atoms with Gasteiger partial charge in [0, 0.05) is 5.56 Å². The summed E-state index contributed by atoms with van der Waals surface area (Å²) in [6, 6.07) is 21.6. The molecule has 0 atom stereocenters. The smallest absolute Gasteiger partial charge is 0.412 e. The lowest BCUT2D eigenvalue weighted by Gasteiger charge is -2.04. The Morgan fingerprint density at radius 2 is 1.21 bits per heavy atom. The third-order valence-corrected chi connectivity index (χ3v) is 3.83. The molecule has 2 N–H and O–H groups in total. The van der Waals surface area contributed by atoms with Crippen LogP contribution >= 0.6 is 0 Å². The molecule has 0 aliphatic heterocycles. The van der Waals surface area contributed by atoms with Crippen LogP contribution in [0.3, 0.4) is 0 Å². The molecule has 0 aliphatic rings. The molecule has 1 amide bonds. The van der Waals surface area contributed by atoms with E-state index in [2.05, 4.69) is 15.0 Å². The minimum Gasteiger partial charge on any atom is -0.412 e. The highest BCUT2D eigenvalue weighted by molar-refractivity contribution is 5.92. The molecule has 142 valence electrons. The van der Waals surface area contributed by atoms with Crippen LogP contribution in [0.4, 0.5) is 0 Å². The lowest BCUT2D eigenvalue weighted by atomic mass is 10.2. The number of carbonyl (C=O) groups excluding carboxylic acids is 1. The highest BCUT2D eigenvalue weighted by Crippen LogP contribution is 2.22. The maximum absolute atomic E-state index is 11.3. The van der Waals surface area contributed by atoms with E-state index in [1.165, 1.54) is 0 Å². The number of amides is 1. The third kappa shape index (κ3) is 4.51. The van der Waals surface area contributed by atoms with Crippen molar-refractivity contribution < 1.29 is 18.8 Å². The van der Waals surface area contributed by atoms with Crippen LogP contribution in [0.25, 0.3) is 5.95 Å². The summed E-state index contributed by atoms with van der Waals surface area (Å²) in [7, 11) is 0. The maximum Gasteiger partial charge on any atom is 0.447 e. The molecule has 0 aliphatic carbocycles. The Morgan fingerprint density at radius 3 is 1.66 bits per heavy atom. The molecule has 0 unspecified atom stereocenters. The van der Waals surface area contributed by atoms with Gasteiger partial charge >= 0.3 is 18.0 Å². The van der Waals surface area contributed by atoms with Gasteiger partial charge in [0.05, 0.1) is 12.4 Å². The zero-order valence-corrected chi connectivity index (χ0v) is 15.2. The number of nitrogens with zero attached hydrogens (tertiary/aromatic N) is 4. The first kappa shape index (κ1) is 18.1. The Bertz CT molecular complexity index is 1060. The molecule has 8 heteroatoms. The zero-order valence-electron chi connectivity index (χ0n) is 15.2. The topological polar surface area (TPSA) is 104 Å². The SMILES string of the molecule is NC(=O)c1cc[n+](-c2nc(Oc3ccccc3)nc(Oc3ccccc3)n2)cc1. The summed E-state index contributed by atoms with van der Waals surface area (Å²) in [5.41, 5.74) is 5.67. The van der Waals surface area contributed by atoms with E-state index in [9.17, 15) is 4.79 Å². The molecule has 4 rings (SSSR count). The van der Waals surface area contributed by atoms with Gasteiger partial charge in [-0.25, -0.2) is 4.57 Å². The summed E-state index contributed by atoms with van der Waals surface area (Å²) in [5, 5.41) is 0. The number of hydrogen-bond acceptors (Lipinski definition) is 6. The Morgan fingerprint density at radius 1 is 0.724 bits per heavy atom. The molecule has 0 fully saturated rings. The van der Waals surface area contributed by atoms with Crippen molar-refractivity contribution in [3.8, 4) is 29.5 Å². The average molecular weight is 386 g/mol. The lowest BCUT2D eigenvalue weighted by Crippen LogP contribution is -2.33. The molecule has 0 saturated carbocycles. The normalized spacial score (nSPS) is 10.3. The quantitative estimate of drug-likeness (QED) is 0.511. The van der Waals surface area contributed by atoms with Crippen molar-refractivity contribution in [2.24, 2.45) is 5.73 Å². The van der Waals surface area contributed by atoms with E-state index in [1.54, 1.807) is 53.4 Å². The van der Waals surface area contributed by atoms with E-state index in [0.29, 0.717) is 17.1 Å². The molecular formula is C21H16N5O3+. The Kier molecular flexibility index (Phi) is 5.06. The van der Waals surface area contributed by atoms with E-state index in [0.717, 1.165) is 0 Å². The highest BCUT2D eigenvalue weighted by atomic mass is 16.5. The van der Waals surface area contributed by atoms with Crippen molar-refractivity contribution in [2.75, 3.05) is 0 Å². The van der Waals surface area contributed by atoms with Gasteiger partial charge in [-0.15, -0.1) is 4.98 Å². The van der Waals surface area contributed by atoms with E-state index in [4.69, 9.17) is 15.2 Å². The van der Waals surface area contributed by atoms with Crippen LogP contribution in [-0.4, -0.2) is 20.9 Å². The second kappa shape index (κ2) is 8.13. The fraction of sp³-hybridized carbons (Fsp3) is 0. The number of pyridine rings is 1. The molecule has 2 aromatic carbocycles. The number of carbonyl (C=O) groups is 1. The lowest BCUT2D eigenvalue weighted by molar-refractivity contribution is -0.603. The van der Waals surface area contributed by atoms with E-state index < -0.39 is 5.91 Å². The number of aromatic nitrogens is 4. The largest absolute Gasteiger partial charge is 0.447 e. The molecule has 8 nitrogen and oxygen atoms in total. The van der Waals surface area contributed by atoms with Crippen LogP contribution in [-0.2, 0) is 0 Å². The average Bonchev–Trinajstić information content (AvgIpc) is 2.75. The molecular weight excluding hydrogens is 370 g/mol. The number of benzene rings is 2. The number of ether oxygens (including phenoxy) is 2. The van der Waals surface area contributed by atoms with Gasteiger partial charge in [-0.1, -0.05) is 36.4 Å². The summed E-state index contributed by atoms with van der Waals surface area (Å²) < 4.78 is 13.1. The molecule has 2 aromatic heterocycles. The fourth-order valence-corrected chi connectivity index (χ4v) is 2.45. The van der Waals surface area contributed by atoms with Gasteiger partial charge in [-0.2, -0.15) is 0 Å². The number of hydrogen-bond donors (Lipinski definition) is 1. The van der Waals surface area contributed by atoms with Gasteiger partial charge in [0.2, 0.25) is 5.91 Å². The Balaban J connectivity index is 1.71. The minimum absolute atomic E-state index is 0.0682. The highest BCUT2D eigenvalue weighted by Gasteiger charge is 2.21. The van der Waals surface area contributed by atoms with Crippen LogP contribution in [0.1, 0.15) is 10.4 Å². The zero-order chi connectivity index (χ0) is 20.1. The van der Waals surface area contributed by atoms with Crippen LogP contribution in [0.15, 0.2) is 85.2 Å². The van der Waals surface area contributed by atoms with E-state index in [1.807, 2.05) is 36.4 Å². The van der Waals surface area contributed by atoms with E-state index in [-0.39, 0.29) is 18.0 Å². The standard InChI is InChI=1S/C21H15N5O3/c22-18(27)15-11-13-26(14-12-15)19-23-20(28-16-7-3-1-4-8-16)25-21(24-19)29-17-9-5-2-6-10-17/h1-14H,(H-,22,27)/p+1. The van der Waals surface area contributed by atoms with Crippen LogP contribution in [0.5, 0.6) is 23.5 Å². The molecule has 4 aromatic rings. The molecule has 0 radical (unpaired) electrons. The summed E-state index contributed by atoms with van der Waals surface area (Å²) in [6.07, 6.45) is 3.24. The summed E-state index contributed by atoms with van der Waals surface area (Å²) in [5.74, 6) is 0.885. The minimum atomic E-state index is -0.519. The maximum atomic E-state index is 11.3. The van der Waals surface area contributed by atoms with Crippen molar-refractivity contribution in [1.29, 1.82) is 0 Å². The predicted molar refractivity (Wildman–Crippen MR) is 103 cm³/mol. The van der Waals surface area contributed by atoms with Gasteiger partial charge in [0.1, 0.15) is 11.5 Å². The Hall–Kier alpha value is -4.33. The van der Waals surface area contributed by atoms with Crippen molar-refractivity contribution in [2.45, 2.75) is 0 Å². The summed E-state index contributed by atoms with van der Waals surface area (Å²) >= 11 is 0. The molecule has 0 saturated heterocycles. The second-order valence-corrected chi connectivity index (χ2v) is 5.89. The van der Waals surface area contributed by atoms with Crippen LogP contribution in [0.2, 0.25) is 0 Å². The van der Waals surface area contributed by atoms with Crippen molar-refractivity contribution in [3.05, 3.63) is 90.8 Å². The first-order valence-electron chi connectivity index (χ1n) is 8.71. The number of primary amides is 1. The van der Waals surface area contributed by atoms with Gasteiger partial charge < -0.3 is 15.2 Å². The van der Waals surface area contributed by atoms with Gasteiger partial charge in [0.15, 0.2) is 0 Å². The van der Waals surface area contributed by atoms with E-state index >= 15 is 0 Å². The van der Waals surface area contributed by atoms with Crippen LogP contribution < -0.4 is 19.8 Å². The molecule has 0 bridgehead atoms. The first-order chi connectivity index (χ1) is 14.2. The van der Waals surface area contributed by atoms with Crippen molar-refractivity contribution in [1.82, 2.24) is 15.0 Å². The van der Waals surface area contributed by atoms with Crippen LogP contribution in [0, 0.1) is 0 Å².